The van der Waals surface area contributed by atoms with E-state index in [2.05, 4.69) is 0 Å². The summed E-state index contributed by atoms with van der Waals surface area (Å²) in [5.41, 5.74) is 3.47. The summed E-state index contributed by atoms with van der Waals surface area (Å²) < 4.78 is 0. The topological polar surface area (TPSA) is 57.5 Å². The lowest BCUT2D eigenvalue weighted by Gasteiger charge is -2.20. The lowest BCUT2D eigenvalue weighted by molar-refractivity contribution is 0.0831. The average Bonchev–Trinajstić information content (AvgIpc) is 2.89. The number of hydrogen-bond donors (Lipinski definition) is 2. The van der Waals surface area contributed by atoms with E-state index in [9.17, 15) is 15.0 Å². The van der Waals surface area contributed by atoms with Crippen LogP contribution in [0.5, 0.6) is 11.5 Å². The molecule has 0 saturated carbocycles. The number of phenols is 2. The van der Waals surface area contributed by atoms with Crippen LogP contribution in [0.3, 0.4) is 0 Å². The molecule has 3 heteroatoms. The number of hydrogen-bond acceptors (Lipinski definition) is 3. The number of carbonyl (C=O) groups excluding carboxylic acids is 1. The number of ketones is 1. The first-order valence-electron chi connectivity index (χ1n) is 6.75. The molecule has 3 nitrogen and oxygen atoms in total. The van der Waals surface area contributed by atoms with Crippen LogP contribution in [0.1, 0.15) is 27.0 Å². The van der Waals surface area contributed by atoms with Gasteiger partial charge in [0.1, 0.15) is 11.5 Å². The van der Waals surface area contributed by atoms with Gasteiger partial charge in [0.25, 0.3) is 0 Å². The van der Waals surface area contributed by atoms with Gasteiger partial charge in [0.15, 0.2) is 5.78 Å². The molecule has 20 heavy (non-hydrogen) atoms. The van der Waals surface area contributed by atoms with Crippen molar-refractivity contribution in [3.63, 3.8) is 0 Å². The van der Waals surface area contributed by atoms with E-state index >= 15 is 0 Å². The first-order chi connectivity index (χ1) is 9.57. The molecule has 0 heterocycles. The average molecular weight is 266 g/mol. The van der Waals surface area contributed by atoms with Gasteiger partial charge in [-0.2, -0.15) is 0 Å². The van der Waals surface area contributed by atoms with E-state index in [0.717, 1.165) is 29.5 Å². The number of carbonyl (C=O) groups is 1. The van der Waals surface area contributed by atoms with Gasteiger partial charge in [0, 0.05) is 11.0 Å². The third-order valence-corrected chi connectivity index (χ3v) is 4.60. The van der Waals surface area contributed by atoms with Crippen LogP contribution in [0, 0.1) is 5.41 Å². The first kappa shape index (κ1) is 11.5. The third kappa shape index (κ3) is 1.43. The molecule has 4 rings (SSSR count). The van der Waals surface area contributed by atoms with Crippen molar-refractivity contribution >= 4 is 5.78 Å². The predicted octanol–water partition coefficient (Wildman–Crippen LogP) is 2.62. The van der Waals surface area contributed by atoms with Gasteiger partial charge in [0.2, 0.25) is 0 Å². The zero-order valence-corrected chi connectivity index (χ0v) is 10.9. The quantitative estimate of drug-likeness (QED) is 0.770. The molecule has 0 bridgehead atoms. The molecule has 2 N–H and O–H groups in total. The molecular formula is C17H14O3. The maximum atomic E-state index is 12.8. The Bertz CT molecular complexity index is 744. The van der Waals surface area contributed by atoms with Gasteiger partial charge in [0.05, 0.1) is 0 Å². The van der Waals surface area contributed by atoms with E-state index in [4.69, 9.17) is 0 Å². The first-order valence-corrected chi connectivity index (χ1v) is 6.75. The lowest BCUT2D eigenvalue weighted by Crippen LogP contribution is -2.28. The Morgan fingerprint density at radius 3 is 2.20 bits per heavy atom. The van der Waals surface area contributed by atoms with Crippen molar-refractivity contribution < 1.29 is 15.0 Å². The Balaban J connectivity index is 1.78. The van der Waals surface area contributed by atoms with Crippen molar-refractivity contribution in [2.45, 2.75) is 19.3 Å². The summed E-state index contributed by atoms with van der Waals surface area (Å²) in [6.45, 7) is 0. The van der Waals surface area contributed by atoms with E-state index < -0.39 is 5.41 Å². The third-order valence-electron chi connectivity index (χ3n) is 4.60. The van der Waals surface area contributed by atoms with Crippen LogP contribution < -0.4 is 0 Å². The summed E-state index contributed by atoms with van der Waals surface area (Å²) in [4.78, 5) is 12.8. The highest BCUT2D eigenvalue weighted by molar-refractivity contribution is 6.06. The Hall–Kier alpha value is -2.29. The highest BCUT2D eigenvalue weighted by atomic mass is 16.3. The molecule has 2 aromatic rings. The van der Waals surface area contributed by atoms with E-state index in [-0.39, 0.29) is 17.3 Å². The summed E-state index contributed by atoms with van der Waals surface area (Å²) in [7, 11) is 0. The molecule has 100 valence electrons. The number of Topliss-reactive ketones (excluding diaryl/α,β-unsaturated/α-hetero) is 1. The number of fused-ring (bicyclic) bond motifs is 2. The summed E-state index contributed by atoms with van der Waals surface area (Å²) in [6, 6.07) is 10.4. The van der Waals surface area contributed by atoms with E-state index in [0.29, 0.717) is 12.0 Å². The molecule has 1 spiro atoms. The fourth-order valence-corrected chi connectivity index (χ4v) is 3.69. The van der Waals surface area contributed by atoms with Crippen LogP contribution >= 0.6 is 0 Å². The van der Waals surface area contributed by atoms with Gasteiger partial charge >= 0.3 is 0 Å². The molecule has 0 radical (unpaired) electrons. The smallest absolute Gasteiger partial charge is 0.170 e. The van der Waals surface area contributed by atoms with E-state index in [1.54, 1.807) is 24.3 Å². The summed E-state index contributed by atoms with van der Waals surface area (Å²) in [5, 5.41) is 19.2. The number of aromatic hydroxyl groups is 2. The zero-order chi connectivity index (χ0) is 13.9. The standard InChI is InChI=1S/C17H14O3/c18-13-3-1-10-7-17(9-12(10)5-13)8-11-2-4-14(19)6-15(11)16(17)20/h1-6,18-19H,7-9H2. The van der Waals surface area contributed by atoms with Gasteiger partial charge in [-0.15, -0.1) is 0 Å². The van der Waals surface area contributed by atoms with Gasteiger partial charge in [-0.1, -0.05) is 12.1 Å². The molecular weight excluding hydrogens is 252 g/mol. The molecule has 2 aliphatic rings. The number of benzene rings is 2. The highest BCUT2D eigenvalue weighted by Gasteiger charge is 2.49. The monoisotopic (exact) mass is 266 g/mol. The van der Waals surface area contributed by atoms with Gasteiger partial charge in [-0.3, -0.25) is 4.79 Å². The normalized spacial score (nSPS) is 23.1. The summed E-state index contributed by atoms with van der Waals surface area (Å²) >= 11 is 0. The minimum Gasteiger partial charge on any atom is -0.508 e. The predicted molar refractivity (Wildman–Crippen MR) is 74.1 cm³/mol. The molecule has 2 aliphatic carbocycles. The van der Waals surface area contributed by atoms with Crippen LogP contribution in [-0.4, -0.2) is 16.0 Å². The maximum Gasteiger partial charge on any atom is 0.170 e. The molecule has 0 amide bonds. The van der Waals surface area contributed by atoms with Crippen molar-refractivity contribution in [2.24, 2.45) is 5.41 Å². The van der Waals surface area contributed by atoms with Crippen molar-refractivity contribution in [1.29, 1.82) is 0 Å². The molecule has 1 unspecified atom stereocenters. The molecule has 0 aliphatic heterocycles. The van der Waals surface area contributed by atoms with Crippen LogP contribution in [0.2, 0.25) is 0 Å². The van der Waals surface area contributed by atoms with E-state index in [1.165, 1.54) is 0 Å². The SMILES string of the molecule is O=C1c2cc(O)ccc2CC12Cc1ccc(O)cc1C2. The van der Waals surface area contributed by atoms with Gasteiger partial charge in [-0.25, -0.2) is 0 Å². The Labute approximate surface area is 116 Å². The number of phenolic OH excluding ortho intramolecular Hbond substituents is 2. The van der Waals surface area contributed by atoms with Crippen LogP contribution in [0.25, 0.3) is 0 Å². The molecule has 0 fully saturated rings. The second kappa shape index (κ2) is 3.63. The molecule has 2 aromatic carbocycles. The summed E-state index contributed by atoms with van der Waals surface area (Å²) in [5.74, 6) is 0.516. The van der Waals surface area contributed by atoms with E-state index in [1.807, 2.05) is 12.1 Å². The molecule has 0 saturated heterocycles. The second-order valence-electron chi connectivity index (χ2n) is 5.93. The Morgan fingerprint density at radius 2 is 1.40 bits per heavy atom. The van der Waals surface area contributed by atoms with Gasteiger partial charge in [-0.05, 0) is 60.2 Å². The van der Waals surface area contributed by atoms with Crippen LogP contribution in [0.4, 0.5) is 0 Å². The zero-order valence-electron chi connectivity index (χ0n) is 10.9. The highest BCUT2D eigenvalue weighted by Crippen LogP contribution is 2.48. The minimum atomic E-state index is -0.410. The van der Waals surface area contributed by atoms with Crippen molar-refractivity contribution in [3.05, 3.63) is 58.7 Å². The maximum absolute atomic E-state index is 12.8. The molecule has 1 atom stereocenters. The fourth-order valence-electron chi connectivity index (χ4n) is 3.69. The van der Waals surface area contributed by atoms with Crippen molar-refractivity contribution in [2.75, 3.05) is 0 Å². The Kier molecular flexibility index (Phi) is 2.09. The fraction of sp³-hybridized carbons (Fsp3) is 0.235. The number of rotatable bonds is 0. The Morgan fingerprint density at radius 1 is 0.800 bits per heavy atom. The largest absolute Gasteiger partial charge is 0.508 e. The van der Waals surface area contributed by atoms with Crippen molar-refractivity contribution in [3.8, 4) is 11.5 Å². The molecule has 0 aromatic heterocycles. The second-order valence-corrected chi connectivity index (χ2v) is 5.93. The minimum absolute atomic E-state index is 0.124. The lowest BCUT2D eigenvalue weighted by atomic mass is 9.81. The summed E-state index contributed by atoms with van der Waals surface area (Å²) in [6.07, 6.45) is 2.11. The van der Waals surface area contributed by atoms with Crippen LogP contribution in [-0.2, 0) is 19.3 Å². The van der Waals surface area contributed by atoms with Crippen molar-refractivity contribution in [1.82, 2.24) is 0 Å². The van der Waals surface area contributed by atoms with Gasteiger partial charge < -0.3 is 10.2 Å². The van der Waals surface area contributed by atoms with Crippen LogP contribution in [0.15, 0.2) is 36.4 Å².